The van der Waals surface area contributed by atoms with Crippen molar-refractivity contribution in [2.24, 2.45) is 0 Å². The summed E-state index contributed by atoms with van der Waals surface area (Å²) in [6.07, 6.45) is 0.864. The summed E-state index contributed by atoms with van der Waals surface area (Å²) in [4.78, 5) is 23.8. The largest absolute Gasteiger partial charge is 0.352 e. The molecule has 19 heavy (non-hydrogen) atoms. The zero-order valence-electron chi connectivity index (χ0n) is 11.4. The fraction of sp³-hybridized carbons (Fsp3) is 0.429. The van der Waals surface area contributed by atoms with E-state index in [4.69, 9.17) is 0 Å². The fourth-order valence-electron chi connectivity index (χ4n) is 1.45. The van der Waals surface area contributed by atoms with E-state index in [0.717, 1.165) is 9.99 Å². The highest BCUT2D eigenvalue weighted by Crippen LogP contribution is 2.07. The minimum atomic E-state index is -0.542. The Hall–Kier alpha value is -1.11. The molecule has 0 fully saturated rings. The Morgan fingerprint density at radius 3 is 2.53 bits per heavy atom. The molecule has 0 heterocycles. The molecule has 0 saturated heterocycles. The Bertz CT molecular complexity index is 463. The molecule has 4 nitrogen and oxygen atoms in total. The van der Waals surface area contributed by atoms with Gasteiger partial charge in [0.2, 0.25) is 5.91 Å². The molecule has 2 amide bonds. The lowest BCUT2D eigenvalue weighted by Gasteiger charge is -2.17. The van der Waals surface area contributed by atoms with Gasteiger partial charge in [0.1, 0.15) is 6.04 Å². The second-order valence-corrected chi connectivity index (χ2v) is 5.77. The molecule has 2 atom stereocenters. The maximum atomic E-state index is 12.0. The van der Waals surface area contributed by atoms with Gasteiger partial charge in [0.25, 0.3) is 5.91 Å². The number of amides is 2. The molecule has 0 spiro atoms. The predicted molar refractivity (Wildman–Crippen MR) is 84.0 cm³/mol. The third-order valence-corrected chi connectivity index (χ3v) is 3.50. The van der Waals surface area contributed by atoms with Crippen LogP contribution in [0.3, 0.4) is 0 Å². The molecule has 0 radical (unpaired) electrons. The minimum absolute atomic E-state index is 0.115. The van der Waals surface area contributed by atoms with E-state index in [1.54, 1.807) is 19.1 Å². The second-order valence-electron chi connectivity index (χ2n) is 4.52. The van der Waals surface area contributed by atoms with Crippen LogP contribution in [0.1, 0.15) is 37.6 Å². The molecule has 1 rings (SSSR count). The van der Waals surface area contributed by atoms with E-state index in [1.165, 1.54) is 0 Å². The van der Waals surface area contributed by atoms with Crippen LogP contribution in [0.5, 0.6) is 0 Å². The van der Waals surface area contributed by atoms with Crippen LogP contribution in [-0.2, 0) is 4.79 Å². The zero-order valence-corrected chi connectivity index (χ0v) is 13.5. The number of carbonyl (C=O) groups excluding carboxylic acids is 2. The normalized spacial score (nSPS) is 13.5. The number of rotatable bonds is 5. The van der Waals surface area contributed by atoms with Gasteiger partial charge in [-0.2, -0.15) is 0 Å². The van der Waals surface area contributed by atoms with Gasteiger partial charge >= 0.3 is 0 Å². The summed E-state index contributed by atoms with van der Waals surface area (Å²) < 4.78 is 0.988. The number of nitrogens with one attached hydrogen (secondary N) is 2. The topological polar surface area (TPSA) is 58.2 Å². The highest BCUT2D eigenvalue weighted by Gasteiger charge is 2.17. The molecule has 1 aromatic rings. The molecule has 1 aromatic carbocycles. The number of hydrogen-bond acceptors (Lipinski definition) is 2. The first-order chi connectivity index (χ1) is 8.93. The molecular formula is C14H19IN2O2. The van der Waals surface area contributed by atoms with Gasteiger partial charge in [-0.15, -0.1) is 0 Å². The third-order valence-electron chi connectivity index (χ3n) is 2.83. The van der Waals surface area contributed by atoms with Crippen LogP contribution < -0.4 is 10.6 Å². The Balaban J connectivity index is 2.59. The van der Waals surface area contributed by atoms with Gasteiger partial charge in [-0.05, 0) is 61.1 Å². The van der Waals surface area contributed by atoms with Gasteiger partial charge in [-0.1, -0.05) is 13.0 Å². The van der Waals surface area contributed by atoms with Crippen molar-refractivity contribution in [1.29, 1.82) is 0 Å². The smallest absolute Gasteiger partial charge is 0.251 e. The maximum absolute atomic E-state index is 12.0. The molecule has 0 bridgehead atoms. The summed E-state index contributed by atoms with van der Waals surface area (Å²) in [7, 11) is 0. The fourth-order valence-corrected chi connectivity index (χ4v) is 1.99. The highest BCUT2D eigenvalue weighted by molar-refractivity contribution is 14.1. The Morgan fingerprint density at radius 1 is 1.26 bits per heavy atom. The first-order valence-corrected chi connectivity index (χ1v) is 7.38. The first-order valence-electron chi connectivity index (χ1n) is 6.30. The van der Waals surface area contributed by atoms with Crippen LogP contribution in [-0.4, -0.2) is 23.9 Å². The van der Waals surface area contributed by atoms with Crippen LogP contribution >= 0.6 is 22.6 Å². The standard InChI is InChI=1S/C14H19IN2O2/c1-4-9(2)16-13(18)10(3)17-14(19)11-6-5-7-12(15)8-11/h5-10H,4H2,1-3H3,(H,16,18)(H,17,19)/t9-,10+/m1/s1. The molecule has 0 aliphatic carbocycles. The predicted octanol–water partition coefficient (Wildman–Crippen LogP) is 2.32. The van der Waals surface area contributed by atoms with Crippen molar-refractivity contribution in [2.75, 3.05) is 0 Å². The lowest BCUT2D eigenvalue weighted by atomic mass is 10.2. The van der Waals surface area contributed by atoms with Crippen molar-refractivity contribution in [3.05, 3.63) is 33.4 Å². The van der Waals surface area contributed by atoms with E-state index >= 15 is 0 Å². The number of hydrogen-bond donors (Lipinski definition) is 2. The molecule has 0 aliphatic rings. The monoisotopic (exact) mass is 374 g/mol. The van der Waals surface area contributed by atoms with Crippen molar-refractivity contribution < 1.29 is 9.59 Å². The van der Waals surface area contributed by atoms with Gasteiger partial charge in [-0.3, -0.25) is 9.59 Å². The van der Waals surface area contributed by atoms with Gasteiger partial charge in [0.05, 0.1) is 0 Å². The van der Waals surface area contributed by atoms with Crippen LogP contribution in [0.15, 0.2) is 24.3 Å². The Morgan fingerprint density at radius 2 is 1.95 bits per heavy atom. The maximum Gasteiger partial charge on any atom is 0.251 e. The molecule has 0 aliphatic heterocycles. The van der Waals surface area contributed by atoms with Crippen molar-refractivity contribution in [1.82, 2.24) is 10.6 Å². The average Bonchev–Trinajstić information content (AvgIpc) is 2.38. The quantitative estimate of drug-likeness (QED) is 0.778. The second kappa shape index (κ2) is 7.47. The SMILES string of the molecule is CC[C@@H](C)NC(=O)[C@H](C)NC(=O)c1cccc(I)c1. The summed E-state index contributed by atoms with van der Waals surface area (Å²) in [6.45, 7) is 5.62. The molecule has 0 aromatic heterocycles. The number of benzene rings is 1. The van der Waals surface area contributed by atoms with Crippen LogP contribution in [0.2, 0.25) is 0 Å². The van der Waals surface area contributed by atoms with Gasteiger partial charge in [-0.25, -0.2) is 0 Å². The summed E-state index contributed by atoms with van der Waals surface area (Å²) in [5, 5.41) is 5.54. The van der Waals surface area contributed by atoms with E-state index in [0.29, 0.717) is 5.56 Å². The molecule has 2 N–H and O–H groups in total. The van der Waals surface area contributed by atoms with Gasteiger partial charge in [0, 0.05) is 15.2 Å². The van der Waals surface area contributed by atoms with E-state index in [1.807, 2.05) is 26.0 Å². The van der Waals surface area contributed by atoms with Crippen LogP contribution in [0.4, 0.5) is 0 Å². The Kier molecular flexibility index (Phi) is 6.27. The molecule has 0 saturated carbocycles. The third kappa shape index (κ3) is 5.18. The van der Waals surface area contributed by atoms with Gasteiger partial charge < -0.3 is 10.6 Å². The summed E-state index contributed by atoms with van der Waals surface area (Å²) in [6, 6.07) is 6.83. The van der Waals surface area contributed by atoms with Crippen molar-refractivity contribution in [3.8, 4) is 0 Å². The average molecular weight is 374 g/mol. The van der Waals surface area contributed by atoms with Crippen molar-refractivity contribution in [2.45, 2.75) is 39.3 Å². The van der Waals surface area contributed by atoms with E-state index in [9.17, 15) is 9.59 Å². The van der Waals surface area contributed by atoms with Gasteiger partial charge in [0.15, 0.2) is 0 Å². The van der Waals surface area contributed by atoms with E-state index < -0.39 is 6.04 Å². The lowest BCUT2D eigenvalue weighted by Crippen LogP contribution is -2.47. The number of carbonyl (C=O) groups is 2. The highest BCUT2D eigenvalue weighted by atomic mass is 127. The van der Waals surface area contributed by atoms with E-state index in [2.05, 4.69) is 33.2 Å². The minimum Gasteiger partial charge on any atom is -0.352 e. The van der Waals surface area contributed by atoms with Crippen molar-refractivity contribution >= 4 is 34.4 Å². The molecule has 5 heteroatoms. The number of halogens is 1. The molecule has 0 unspecified atom stereocenters. The zero-order chi connectivity index (χ0) is 14.4. The summed E-state index contributed by atoms with van der Waals surface area (Å²) in [5.74, 6) is -0.390. The van der Waals surface area contributed by atoms with Crippen LogP contribution in [0.25, 0.3) is 0 Å². The molecular weight excluding hydrogens is 355 g/mol. The summed E-state index contributed by atoms with van der Waals surface area (Å²) >= 11 is 2.15. The molecule has 104 valence electrons. The lowest BCUT2D eigenvalue weighted by molar-refractivity contribution is -0.123. The Labute approximate surface area is 127 Å². The summed E-state index contributed by atoms with van der Waals surface area (Å²) in [5.41, 5.74) is 0.565. The first kappa shape index (κ1) is 15.9. The van der Waals surface area contributed by atoms with Crippen LogP contribution in [0, 0.1) is 3.57 Å². The van der Waals surface area contributed by atoms with E-state index in [-0.39, 0.29) is 17.9 Å². The van der Waals surface area contributed by atoms with Crippen molar-refractivity contribution in [3.63, 3.8) is 0 Å².